The number of likely N-dealkylation sites (N-methyl/N-ethyl adjacent to an activating group) is 1. The van der Waals surface area contributed by atoms with Crippen LogP contribution >= 0.6 is 0 Å². The van der Waals surface area contributed by atoms with Gasteiger partial charge in [0.2, 0.25) is 0 Å². The lowest BCUT2D eigenvalue weighted by Gasteiger charge is -2.28. The monoisotopic (exact) mass is 428 g/mol. The third-order valence-corrected chi connectivity index (χ3v) is 5.18. The SMILES string of the molecule is COc1ccc(OC)c([C@H]2/C(=C(\O)c3ccc(F)cc3)C(=O)C(=O)N2CCN(C)C)c1. The van der Waals surface area contributed by atoms with Gasteiger partial charge in [-0.15, -0.1) is 0 Å². The van der Waals surface area contributed by atoms with Crippen LogP contribution in [0.15, 0.2) is 48.0 Å². The predicted octanol–water partition coefficient (Wildman–Crippen LogP) is 2.83. The topological polar surface area (TPSA) is 79.3 Å². The Hall–Kier alpha value is -3.39. The van der Waals surface area contributed by atoms with Crippen LogP contribution in [-0.2, 0) is 9.59 Å². The smallest absolute Gasteiger partial charge is 0.295 e. The predicted molar refractivity (Wildman–Crippen MR) is 114 cm³/mol. The lowest BCUT2D eigenvalue weighted by molar-refractivity contribution is -0.140. The molecular weight excluding hydrogens is 403 g/mol. The van der Waals surface area contributed by atoms with Gasteiger partial charge in [-0.2, -0.15) is 0 Å². The fraction of sp³-hybridized carbons (Fsp3) is 0.304. The Morgan fingerprint density at radius 3 is 2.35 bits per heavy atom. The molecule has 1 N–H and O–H groups in total. The van der Waals surface area contributed by atoms with Gasteiger partial charge in [-0.25, -0.2) is 4.39 Å². The molecule has 0 unspecified atom stereocenters. The molecule has 0 bridgehead atoms. The van der Waals surface area contributed by atoms with Crippen LogP contribution in [0.3, 0.4) is 0 Å². The normalized spacial score (nSPS) is 18.0. The van der Waals surface area contributed by atoms with E-state index in [1.54, 1.807) is 18.2 Å². The Morgan fingerprint density at radius 1 is 1.10 bits per heavy atom. The van der Waals surface area contributed by atoms with Gasteiger partial charge in [0.05, 0.1) is 25.8 Å². The molecule has 1 atom stereocenters. The first-order valence-corrected chi connectivity index (χ1v) is 9.69. The van der Waals surface area contributed by atoms with Crippen molar-refractivity contribution in [2.75, 3.05) is 41.4 Å². The Labute approximate surface area is 180 Å². The van der Waals surface area contributed by atoms with Crippen molar-refractivity contribution in [3.63, 3.8) is 0 Å². The van der Waals surface area contributed by atoms with Crippen molar-refractivity contribution in [3.05, 3.63) is 65.0 Å². The molecule has 1 aliphatic rings. The second kappa shape index (κ2) is 9.18. The summed E-state index contributed by atoms with van der Waals surface area (Å²) in [5.74, 6) is -1.44. The lowest BCUT2D eigenvalue weighted by atomic mass is 9.94. The van der Waals surface area contributed by atoms with Crippen molar-refractivity contribution in [3.8, 4) is 11.5 Å². The van der Waals surface area contributed by atoms with Crippen LogP contribution in [0.1, 0.15) is 17.2 Å². The first kappa shape index (κ1) is 22.3. The number of nitrogens with zero attached hydrogens (tertiary/aromatic N) is 2. The van der Waals surface area contributed by atoms with Crippen LogP contribution in [0.2, 0.25) is 0 Å². The van der Waals surface area contributed by atoms with E-state index in [1.165, 1.54) is 43.4 Å². The van der Waals surface area contributed by atoms with E-state index < -0.39 is 23.5 Å². The Balaban J connectivity index is 2.23. The molecule has 2 aromatic carbocycles. The number of Topliss-reactive ketones (excluding diaryl/α,β-unsaturated/α-hetero) is 1. The Bertz CT molecular complexity index is 1020. The molecular formula is C23H25FN2O5. The van der Waals surface area contributed by atoms with E-state index in [4.69, 9.17) is 9.47 Å². The zero-order valence-corrected chi connectivity index (χ0v) is 17.9. The first-order valence-electron chi connectivity index (χ1n) is 9.69. The number of likely N-dealkylation sites (tertiary alicyclic amines) is 1. The van der Waals surface area contributed by atoms with Crippen molar-refractivity contribution in [1.82, 2.24) is 9.80 Å². The van der Waals surface area contributed by atoms with Crippen LogP contribution in [0.4, 0.5) is 4.39 Å². The molecule has 1 amide bonds. The number of hydrogen-bond donors (Lipinski definition) is 1. The molecule has 0 spiro atoms. The molecule has 1 fully saturated rings. The molecule has 1 heterocycles. The molecule has 31 heavy (non-hydrogen) atoms. The van der Waals surface area contributed by atoms with Crippen LogP contribution in [0, 0.1) is 5.82 Å². The van der Waals surface area contributed by atoms with Crippen molar-refractivity contribution < 1.29 is 28.6 Å². The van der Waals surface area contributed by atoms with Crippen molar-refractivity contribution in [2.45, 2.75) is 6.04 Å². The number of methoxy groups -OCH3 is 2. The van der Waals surface area contributed by atoms with Gasteiger partial charge in [-0.1, -0.05) is 0 Å². The van der Waals surface area contributed by atoms with Gasteiger partial charge in [-0.3, -0.25) is 9.59 Å². The number of benzene rings is 2. The minimum Gasteiger partial charge on any atom is -0.507 e. The molecule has 7 nitrogen and oxygen atoms in total. The number of hydrogen-bond acceptors (Lipinski definition) is 6. The largest absolute Gasteiger partial charge is 0.507 e. The number of aliphatic hydroxyl groups is 1. The van der Waals surface area contributed by atoms with Gasteiger partial charge < -0.3 is 24.4 Å². The molecule has 8 heteroatoms. The second-order valence-corrected chi connectivity index (χ2v) is 7.41. The minimum atomic E-state index is -0.893. The molecule has 1 aliphatic heterocycles. The number of amides is 1. The maximum absolute atomic E-state index is 13.4. The molecule has 164 valence electrons. The quantitative estimate of drug-likeness (QED) is 0.415. The average Bonchev–Trinajstić information content (AvgIpc) is 3.01. The summed E-state index contributed by atoms with van der Waals surface area (Å²) in [6.07, 6.45) is 0. The van der Waals surface area contributed by atoms with Gasteiger partial charge in [0.1, 0.15) is 23.1 Å². The summed E-state index contributed by atoms with van der Waals surface area (Å²) in [6, 6.07) is 9.24. The highest BCUT2D eigenvalue weighted by Gasteiger charge is 2.47. The minimum absolute atomic E-state index is 0.0816. The lowest BCUT2D eigenvalue weighted by Crippen LogP contribution is -2.35. The summed E-state index contributed by atoms with van der Waals surface area (Å²) in [5, 5.41) is 11.0. The standard InChI is InChI=1S/C23H25FN2O5/c1-25(2)11-12-26-20(17-13-16(30-3)9-10-18(17)31-4)19(22(28)23(26)29)21(27)14-5-7-15(24)8-6-14/h5-10,13,20,27H,11-12H2,1-4H3/b21-19+/t20-/m0/s1. The van der Waals surface area contributed by atoms with Crippen LogP contribution in [0.5, 0.6) is 11.5 Å². The Morgan fingerprint density at radius 2 is 1.77 bits per heavy atom. The molecule has 0 aliphatic carbocycles. The van der Waals surface area contributed by atoms with Gasteiger partial charge in [0.15, 0.2) is 0 Å². The summed E-state index contributed by atoms with van der Waals surface area (Å²) in [6.45, 7) is 0.759. The highest BCUT2D eigenvalue weighted by molar-refractivity contribution is 6.46. The molecule has 0 aromatic heterocycles. The third kappa shape index (κ3) is 4.39. The van der Waals surface area contributed by atoms with Crippen LogP contribution < -0.4 is 9.47 Å². The average molecular weight is 428 g/mol. The number of rotatable bonds is 7. The molecule has 2 aromatic rings. The van der Waals surface area contributed by atoms with Gasteiger partial charge >= 0.3 is 0 Å². The summed E-state index contributed by atoms with van der Waals surface area (Å²) >= 11 is 0. The van der Waals surface area contributed by atoms with Crippen LogP contribution in [0.25, 0.3) is 5.76 Å². The highest BCUT2D eigenvalue weighted by Crippen LogP contribution is 2.43. The molecule has 3 rings (SSSR count). The Kier molecular flexibility index (Phi) is 6.60. The fourth-order valence-corrected chi connectivity index (χ4v) is 3.56. The van der Waals surface area contributed by atoms with E-state index in [1.807, 2.05) is 19.0 Å². The highest BCUT2D eigenvalue weighted by atomic mass is 19.1. The van der Waals surface area contributed by atoms with Gasteiger partial charge in [0.25, 0.3) is 11.7 Å². The zero-order valence-electron chi connectivity index (χ0n) is 17.9. The maximum atomic E-state index is 13.4. The summed E-state index contributed by atoms with van der Waals surface area (Å²) < 4.78 is 24.2. The molecule has 1 saturated heterocycles. The summed E-state index contributed by atoms with van der Waals surface area (Å²) in [5.41, 5.74) is 0.657. The number of ketones is 1. The van der Waals surface area contributed by atoms with Crippen LogP contribution in [-0.4, -0.2) is 68.0 Å². The van der Waals surface area contributed by atoms with Gasteiger partial charge in [0, 0.05) is 24.2 Å². The zero-order chi connectivity index (χ0) is 22.7. The molecule has 0 radical (unpaired) electrons. The van der Waals surface area contributed by atoms with Gasteiger partial charge in [-0.05, 0) is 56.6 Å². The van der Waals surface area contributed by atoms with E-state index in [2.05, 4.69) is 0 Å². The summed E-state index contributed by atoms with van der Waals surface area (Å²) in [4.78, 5) is 29.2. The number of aliphatic hydroxyl groups excluding tert-OH is 1. The third-order valence-electron chi connectivity index (χ3n) is 5.18. The van der Waals surface area contributed by atoms with E-state index in [9.17, 15) is 19.1 Å². The van der Waals surface area contributed by atoms with E-state index >= 15 is 0 Å². The number of ether oxygens (including phenoxy) is 2. The van der Waals surface area contributed by atoms with Crippen molar-refractivity contribution in [2.24, 2.45) is 0 Å². The van der Waals surface area contributed by atoms with E-state index in [-0.39, 0.29) is 23.4 Å². The number of carbonyl (C=O) groups excluding carboxylic acids is 2. The number of halogens is 1. The van der Waals surface area contributed by atoms with Crippen molar-refractivity contribution in [1.29, 1.82) is 0 Å². The first-order chi connectivity index (χ1) is 14.8. The second-order valence-electron chi connectivity index (χ2n) is 7.41. The van der Waals surface area contributed by atoms with E-state index in [0.717, 1.165) is 0 Å². The van der Waals surface area contributed by atoms with Crippen molar-refractivity contribution >= 4 is 17.4 Å². The summed E-state index contributed by atoms with van der Waals surface area (Å²) in [7, 11) is 6.71. The van der Waals surface area contributed by atoms with E-state index in [0.29, 0.717) is 23.6 Å². The molecule has 0 saturated carbocycles. The maximum Gasteiger partial charge on any atom is 0.295 e. The fourth-order valence-electron chi connectivity index (χ4n) is 3.56. The number of carbonyl (C=O) groups is 2.